The van der Waals surface area contributed by atoms with E-state index in [1.807, 2.05) is 19.9 Å². The van der Waals surface area contributed by atoms with Crippen LogP contribution in [-0.4, -0.2) is 10.1 Å². The fraction of sp³-hybridized carbons (Fsp3) is 0.250. The third-order valence-electron chi connectivity index (χ3n) is 2.72. The van der Waals surface area contributed by atoms with Crippen LogP contribution >= 0.6 is 0 Å². The molecule has 0 fully saturated rings. The van der Waals surface area contributed by atoms with Crippen molar-refractivity contribution in [3.8, 4) is 6.07 Å². The molecule has 0 bridgehead atoms. The predicted octanol–water partition coefficient (Wildman–Crippen LogP) is 1.75. The van der Waals surface area contributed by atoms with Crippen molar-refractivity contribution in [1.29, 1.82) is 5.26 Å². The van der Waals surface area contributed by atoms with Crippen molar-refractivity contribution in [3.05, 3.63) is 34.8 Å². The summed E-state index contributed by atoms with van der Waals surface area (Å²) in [5, 5.41) is 15.8. The number of pyridine rings is 1. The maximum Gasteiger partial charge on any atom is 0.150 e. The average Bonchev–Trinajstić information content (AvgIpc) is 2.68. The summed E-state index contributed by atoms with van der Waals surface area (Å²) in [6, 6.07) is 3.60. The summed E-state index contributed by atoms with van der Waals surface area (Å²) in [6.45, 7) is 4.22. The molecule has 0 atom stereocenters. The van der Waals surface area contributed by atoms with E-state index in [2.05, 4.69) is 15.5 Å². The lowest BCUT2D eigenvalue weighted by atomic mass is 10.2. The molecule has 6 nitrogen and oxygen atoms in total. The van der Waals surface area contributed by atoms with Gasteiger partial charge in [-0.2, -0.15) is 5.26 Å². The normalized spacial score (nSPS) is 10.1. The van der Waals surface area contributed by atoms with E-state index in [1.165, 1.54) is 0 Å². The summed E-state index contributed by atoms with van der Waals surface area (Å²) in [5.74, 6) is 1.25. The van der Waals surface area contributed by atoms with Crippen LogP contribution in [0.15, 0.2) is 16.8 Å². The van der Waals surface area contributed by atoms with E-state index in [0.717, 1.165) is 17.0 Å². The molecule has 92 valence electrons. The molecule has 2 aromatic rings. The van der Waals surface area contributed by atoms with Gasteiger partial charge in [-0.05, 0) is 19.9 Å². The lowest BCUT2D eigenvalue weighted by molar-refractivity contribution is 0.392. The molecule has 18 heavy (non-hydrogen) atoms. The smallest absolute Gasteiger partial charge is 0.150 e. The molecule has 0 aliphatic carbocycles. The second-order valence-electron chi connectivity index (χ2n) is 3.89. The Morgan fingerprint density at radius 2 is 2.28 bits per heavy atom. The van der Waals surface area contributed by atoms with Crippen molar-refractivity contribution < 1.29 is 4.52 Å². The lowest BCUT2D eigenvalue weighted by Gasteiger charge is -2.08. The number of aromatic nitrogens is 2. The Bertz CT molecular complexity index is 592. The predicted molar refractivity (Wildman–Crippen MR) is 66.7 cm³/mol. The molecule has 0 saturated carbocycles. The number of hydrogen-bond donors (Lipinski definition) is 2. The van der Waals surface area contributed by atoms with E-state index in [-0.39, 0.29) is 0 Å². The van der Waals surface area contributed by atoms with Crippen molar-refractivity contribution >= 4 is 11.5 Å². The third-order valence-corrected chi connectivity index (χ3v) is 2.72. The number of nitriles is 1. The Morgan fingerprint density at radius 1 is 1.50 bits per heavy atom. The molecule has 0 saturated heterocycles. The highest BCUT2D eigenvalue weighted by molar-refractivity contribution is 5.68. The molecule has 2 aromatic heterocycles. The van der Waals surface area contributed by atoms with Gasteiger partial charge in [-0.3, -0.25) is 0 Å². The maximum absolute atomic E-state index is 8.87. The van der Waals surface area contributed by atoms with E-state index < -0.39 is 0 Å². The fourth-order valence-corrected chi connectivity index (χ4v) is 1.64. The average molecular weight is 243 g/mol. The Morgan fingerprint density at radius 3 is 2.89 bits per heavy atom. The van der Waals surface area contributed by atoms with Crippen LogP contribution in [0.5, 0.6) is 0 Å². The van der Waals surface area contributed by atoms with E-state index in [1.54, 1.807) is 12.3 Å². The second kappa shape index (κ2) is 4.75. The van der Waals surface area contributed by atoms with Crippen LogP contribution < -0.4 is 11.1 Å². The Labute approximate surface area is 104 Å². The van der Waals surface area contributed by atoms with Gasteiger partial charge in [0.25, 0.3) is 0 Å². The molecule has 0 spiro atoms. The first-order chi connectivity index (χ1) is 8.63. The molecule has 0 aromatic carbocycles. The van der Waals surface area contributed by atoms with Gasteiger partial charge in [-0.15, -0.1) is 0 Å². The molecule has 2 heterocycles. The zero-order chi connectivity index (χ0) is 13.1. The van der Waals surface area contributed by atoms with Crippen molar-refractivity contribution in [3.63, 3.8) is 0 Å². The highest BCUT2D eigenvalue weighted by Gasteiger charge is 2.10. The molecule has 2 rings (SSSR count). The van der Waals surface area contributed by atoms with Gasteiger partial charge in [-0.1, -0.05) is 5.16 Å². The standard InChI is InChI=1S/C12H13N5O/c1-7-10(8(2)18-17-7)6-16-12-11(14)9(5-13)3-4-15-12/h3-4H,6,14H2,1-2H3,(H,15,16). The lowest BCUT2D eigenvalue weighted by Crippen LogP contribution is -2.06. The van der Waals surface area contributed by atoms with Crippen LogP contribution in [0.4, 0.5) is 11.5 Å². The van der Waals surface area contributed by atoms with Gasteiger partial charge in [0.2, 0.25) is 0 Å². The van der Waals surface area contributed by atoms with Crippen LogP contribution in [-0.2, 0) is 6.54 Å². The minimum atomic E-state index is 0.353. The summed E-state index contributed by atoms with van der Waals surface area (Å²) in [5.41, 5.74) is 8.38. The highest BCUT2D eigenvalue weighted by Crippen LogP contribution is 2.21. The molecule has 0 aliphatic rings. The number of nitrogens with zero attached hydrogens (tertiary/aromatic N) is 3. The van der Waals surface area contributed by atoms with E-state index in [4.69, 9.17) is 15.5 Å². The molecule has 0 unspecified atom stereocenters. The molecule has 3 N–H and O–H groups in total. The summed E-state index contributed by atoms with van der Waals surface area (Å²) in [7, 11) is 0. The van der Waals surface area contributed by atoms with Gasteiger partial charge < -0.3 is 15.6 Å². The van der Waals surface area contributed by atoms with Gasteiger partial charge >= 0.3 is 0 Å². The maximum atomic E-state index is 8.87. The number of nitrogens with one attached hydrogen (secondary N) is 1. The number of aryl methyl sites for hydroxylation is 2. The number of nitrogens with two attached hydrogens (primary N) is 1. The topological polar surface area (TPSA) is 101 Å². The SMILES string of the molecule is Cc1noc(C)c1CNc1nccc(C#N)c1N. The van der Waals surface area contributed by atoms with Crippen LogP contribution in [0.25, 0.3) is 0 Å². The Kier molecular flexibility index (Phi) is 3.15. The minimum absolute atomic E-state index is 0.353. The second-order valence-corrected chi connectivity index (χ2v) is 3.89. The zero-order valence-corrected chi connectivity index (χ0v) is 10.2. The molecule has 0 aliphatic heterocycles. The fourth-order valence-electron chi connectivity index (χ4n) is 1.64. The van der Waals surface area contributed by atoms with Crippen LogP contribution in [0.2, 0.25) is 0 Å². The van der Waals surface area contributed by atoms with Crippen LogP contribution in [0.3, 0.4) is 0 Å². The summed E-state index contributed by atoms with van der Waals surface area (Å²) < 4.78 is 5.06. The highest BCUT2D eigenvalue weighted by atomic mass is 16.5. The van der Waals surface area contributed by atoms with Crippen molar-refractivity contribution in [2.45, 2.75) is 20.4 Å². The van der Waals surface area contributed by atoms with Crippen molar-refractivity contribution in [2.75, 3.05) is 11.1 Å². The summed E-state index contributed by atoms with van der Waals surface area (Å²) >= 11 is 0. The largest absolute Gasteiger partial charge is 0.395 e. The summed E-state index contributed by atoms with van der Waals surface area (Å²) in [6.07, 6.45) is 1.55. The minimum Gasteiger partial charge on any atom is -0.395 e. The first-order valence-electron chi connectivity index (χ1n) is 5.43. The molecular weight excluding hydrogens is 230 g/mol. The van der Waals surface area contributed by atoms with Crippen LogP contribution in [0.1, 0.15) is 22.6 Å². The quantitative estimate of drug-likeness (QED) is 0.851. The van der Waals surface area contributed by atoms with Gasteiger partial charge in [0.15, 0.2) is 5.82 Å². The zero-order valence-electron chi connectivity index (χ0n) is 10.2. The number of nitrogen functional groups attached to an aromatic ring is 1. The third kappa shape index (κ3) is 2.11. The first-order valence-corrected chi connectivity index (χ1v) is 5.43. The van der Waals surface area contributed by atoms with Gasteiger partial charge in [0, 0.05) is 18.3 Å². The molecule has 0 amide bonds. The van der Waals surface area contributed by atoms with Gasteiger partial charge in [0.05, 0.1) is 16.9 Å². The van der Waals surface area contributed by atoms with Gasteiger partial charge in [-0.25, -0.2) is 4.98 Å². The Hall–Kier alpha value is -2.55. The number of hydrogen-bond acceptors (Lipinski definition) is 6. The van der Waals surface area contributed by atoms with Crippen LogP contribution in [0, 0.1) is 25.2 Å². The van der Waals surface area contributed by atoms with E-state index >= 15 is 0 Å². The number of anilines is 2. The first kappa shape index (κ1) is 11.9. The Balaban J connectivity index is 2.19. The molecular formula is C12H13N5O. The van der Waals surface area contributed by atoms with E-state index in [9.17, 15) is 0 Å². The number of rotatable bonds is 3. The van der Waals surface area contributed by atoms with E-state index in [0.29, 0.717) is 23.6 Å². The molecule has 0 radical (unpaired) electrons. The van der Waals surface area contributed by atoms with Gasteiger partial charge in [0.1, 0.15) is 11.8 Å². The summed E-state index contributed by atoms with van der Waals surface area (Å²) in [4.78, 5) is 4.11. The van der Waals surface area contributed by atoms with Crippen molar-refractivity contribution in [1.82, 2.24) is 10.1 Å². The molecule has 6 heteroatoms. The monoisotopic (exact) mass is 243 g/mol. The van der Waals surface area contributed by atoms with Crippen molar-refractivity contribution in [2.24, 2.45) is 0 Å².